The van der Waals surface area contributed by atoms with E-state index in [1.54, 1.807) is 0 Å². The summed E-state index contributed by atoms with van der Waals surface area (Å²) in [5, 5.41) is 0. The zero-order valence-corrected chi connectivity index (χ0v) is 19.3. The predicted molar refractivity (Wildman–Crippen MR) is 119 cm³/mol. The van der Waals surface area contributed by atoms with Crippen LogP contribution in [0.4, 0.5) is 0 Å². The second-order valence-corrected chi connectivity index (χ2v) is 11.4. The number of ether oxygens (including phenoxy) is 1. The van der Waals surface area contributed by atoms with E-state index >= 15 is 0 Å². The SMILES string of the molecule is CCC1CCC(OCC2C(NS(C)(=O)=O)CCc3c(C4CC4)cc(C)c(=O)n32)CC1. The Bertz CT molecular complexity index is 927. The van der Waals surface area contributed by atoms with Crippen LogP contribution in [0.1, 0.15) is 87.1 Å². The molecule has 0 saturated heterocycles. The number of hydrogen-bond donors (Lipinski definition) is 1. The summed E-state index contributed by atoms with van der Waals surface area (Å²) in [5.41, 5.74) is 3.13. The van der Waals surface area contributed by atoms with Crippen molar-refractivity contribution in [2.45, 2.75) is 95.7 Å². The maximum absolute atomic E-state index is 13.2. The molecule has 2 fully saturated rings. The van der Waals surface area contributed by atoms with Crippen molar-refractivity contribution in [3.05, 3.63) is 33.2 Å². The summed E-state index contributed by atoms with van der Waals surface area (Å²) in [7, 11) is -3.37. The quantitative estimate of drug-likeness (QED) is 0.710. The first kappa shape index (κ1) is 22.0. The van der Waals surface area contributed by atoms with E-state index < -0.39 is 10.0 Å². The molecular weight excluding hydrogens is 400 g/mol. The van der Waals surface area contributed by atoms with Crippen LogP contribution in [-0.4, -0.2) is 38.0 Å². The Morgan fingerprint density at radius 2 is 1.83 bits per heavy atom. The van der Waals surface area contributed by atoms with E-state index in [4.69, 9.17) is 4.74 Å². The number of hydrogen-bond acceptors (Lipinski definition) is 4. The fraction of sp³-hybridized carbons (Fsp3) is 0.783. The number of nitrogens with one attached hydrogen (secondary N) is 1. The van der Waals surface area contributed by atoms with Crippen LogP contribution in [0, 0.1) is 12.8 Å². The van der Waals surface area contributed by atoms with Crippen LogP contribution in [0.2, 0.25) is 0 Å². The van der Waals surface area contributed by atoms with Gasteiger partial charge < -0.3 is 9.30 Å². The van der Waals surface area contributed by atoms with Gasteiger partial charge in [0.1, 0.15) is 0 Å². The van der Waals surface area contributed by atoms with E-state index in [0.717, 1.165) is 36.4 Å². The fourth-order valence-corrected chi connectivity index (χ4v) is 6.23. The fourth-order valence-electron chi connectivity index (χ4n) is 5.40. The smallest absolute Gasteiger partial charge is 0.254 e. The first-order chi connectivity index (χ1) is 14.3. The average molecular weight is 437 g/mol. The van der Waals surface area contributed by atoms with Crippen molar-refractivity contribution in [2.75, 3.05) is 12.9 Å². The Morgan fingerprint density at radius 1 is 1.13 bits per heavy atom. The highest BCUT2D eigenvalue weighted by Crippen LogP contribution is 2.43. The van der Waals surface area contributed by atoms with Gasteiger partial charge in [0.05, 0.1) is 25.0 Å². The summed E-state index contributed by atoms with van der Waals surface area (Å²) >= 11 is 0. The van der Waals surface area contributed by atoms with Crippen molar-refractivity contribution in [1.82, 2.24) is 9.29 Å². The van der Waals surface area contributed by atoms with Crippen LogP contribution < -0.4 is 10.3 Å². The van der Waals surface area contributed by atoms with Crippen molar-refractivity contribution < 1.29 is 13.2 Å². The van der Waals surface area contributed by atoms with Crippen LogP contribution in [0.15, 0.2) is 10.9 Å². The van der Waals surface area contributed by atoms with Crippen LogP contribution in [-0.2, 0) is 21.2 Å². The van der Waals surface area contributed by atoms with E-state index in [2.05, 4.69) is 17.7 Å². The van der Waals surface area contributed by atoms with E-state index in [1.807, 2.05) is 11.5 Å². The van der Waals surface area contributed by atoms with Crippen LogP contribution in [0.5, 0.6) is 0 Å². The molecule has 0 amide bonds. The van der Waals surface area contributed by atoms with Gasteiger partial charge >= 0.3 is 0 Å². The van der Waals surface area contributed by atoms with E-state index in [1.165, 1.54) is 43.9 Å². The highest BCUT2D eigenvalue weighted by Gasteiger charge is 2.37. The molecule has 2 saturated carbocycles. The Labute approximate surface area is 180 Å². The number of pyridine rings is 1. The highest BCUT2D eigenvalue weighted by atomic mass is 32.2. The summed E-state index contributed by atoms with van der Waals surface area (Å²) in [6.07, 6.45) is 10.9. The summed E-state index contributed by atoms with van der Waals surface area (Å²) in [4.78, 5) is 13.2. The lowest BCUT2D eigenvalue weighted by Crippen LogP contribution is -2.50. The van der Waals surface area contributed by atoms with Crippen molar-refractivity contribution in [1.29, 1.82) is 0 Å². The molecular formula is C23H36N2O4S. The monoisotopic (exact) mass is 436 g/mol. The maximum atomic E-state index is 13.2. The van der Waals surface area contributed by atoms with Gasteiger partial charge in [-0.2, -0.15) is 0 Å². The molecule has 0 spiro atoms. The standard InChI is InChI=1S/C23H36N2O4S/c1-4-16-5-9-18(10-6-16)29-14-22-20(24-30(3,27)28)11-12-21-19(17-7-8-17)13-15(2)23(26)25(21)22/h13,16-18,20,22,24H,4-12,14H2,1-3H3. The molecule has 2 heterocycles. The summed E-state index contributed by atoms with van der Waals surface area (Å²) in [6, 6.07) is 1.46. The van der Waals surface area contributed by atoms with Gasteiger partial charge in [-0.3, -0.25) is 4.79 Å². The van der Waals surface area contributed by atoms with Gasteiger partial charge in [0.25, 0.3) is 5.56 Å². The molecule has 1 N–H and O–H groups in total. The molecule has 4 rings (SSSR count). The zero-order chi connectivity index (χ0) is 21.5. The van der Waals surface area contributed by atoms with Gasteiger partial charge in [-0.05, 0) is 81.8 Å². The number of rotatable bonds is 7. The summed E-state index contributed by atoms with van der Waals surface area (Å²) < 4.78 is 35.1. The Kier molecular flexibility index (Phi) is 6.43. The molecule has 1 aliphatic heterocycles. The zero-order valence-electron chi connectivity index (χ0n) is 18.5. The van der Waals surface area contributed by atoms with Crippen molar-refractivity contribution in [3.8, 4) is 0 Å². The van der Waals surface area contributed by atoms with Crippen molar-refractivity contribution in [3.63, 3.8) is 0 Å². The molecule has 3 aliphatic rings. The lowest BCUT2D eigenvalue weighted by Gasteiger charge is -2.38. The molecule has 6 nitrogen and oxygen atoms in total. The molecule has 168 valence electrons. The Morgan fingerprint density at radius 3 is 2.43 bits per heavy atom. The average Bonchev–Trinajstić information content (AvgIpc) is 3.54. The third kappa shape index (κ3) is 4.83. The molecule has 2 aliphatic carbocycles. The second kappa shape index (κ2) is 8.75. The number of aromatic nitrogens is 1. The topological polar surface area (TPSA) is 77.4 Å². The highest BCUT2D eigenvalue weighted by molar-refractivity contribution is 7.88. The molecule has 30 heavy (non-hydrogen) atoms. The van der Waals surface area contributed by atoms with Gasteiger partial charge in [0, 0.05) is 17.3 Å². The minimum Gasteiger partial charge on any atom is -0.376 e. The third-order valence-electron chi connectivity index (χ3n) is 7.30. The molecule has 1 aromatic heterocycles. The number of aryl methyl sites for hydroxylation is 1. The molecule has 1 aromatic rings. The van der Waals surface area contributed by atoms with Crippen LogP contribution >= 0.6 is 0 Å². The van der Waals surface area contributed by atoms with Gasteiger partial charge in [0.15, 0.2) is 0 Å². The van der Waals surface area contributed by atoms with E-state index in [-0.39, 0.29) is 23.7 Å². The van der Waals surface area contributed by atoms with Crippen molar-refractivity contribution in [2.24, 2.45) is 5.92 Å². The van der Waals surface area contributed by atoms with Gasteiger partial charge in [-0.25, -0.2) is 13.1 Å². The predicted octanol–water partition coefficient (Wildman–Crippen LogP) is 3.42. The summed E-state index contributed by atoms with van der Waals surface area (Å²) in [5.74, 6) is 1.35. The molecule has 0 bridgehead atoms. The lowest BCUT2D eigenvalue weighted by molar-refractivity contribution is -0.00700. The number of nitrogens with zero attached hydrogens (tertiary/aromatic N) is 1. The normalized spacial score (nSPS) is 29.6. The third-order valence-corrected chi connectivity index (χ3v) is 8.03. The van der Waals surface area contributed by atoms with Crippen LogP contribution in [0.25, 0.3) is 0 Å². The van der Waals surface area contributed by atoms with Gasteiger partial charge in [-0.1, -0.05) is 13.3 Å². The minimum atomic E-state index is -3.37. The molecule has 2 unspecified atom stereocenters. The Balaban J connectivity index is 1.61. The second-order valence-electron chi connectivity index (χ2n) is 9.67. The van der Waals surface area contributed by atoms with Gasteiger partial charge in [-0.15, -0.1) is 0 Å². The molecule has 0 radical (unpaired) electrons. The minimum absolute atomic E-state index is 0.00214. The first-order valence-corrected chi connectivity index (χ1v) is 13.5. The maximum Gasteiger partial charge on any atom is 0.254 e. The number of fused-ring (bicyclic) bond motifs is 1. The largest absolute Gasteiger partial charge is 0.376 e. The van der Waals surface area contributed by atoms with E-state index in [0.29, 0.717) is 18.9 Å². The molecule has 7 heteroatoms. The summed E-state index contributed by atoms with van der Waals surface area (Å²) in [6.45, 7) is 4.51. The Hall–Kier alpha value is -1.18. The molecule has 2 atom stereocenters. The van der Waals surface area contributed by atoms with Crippen molar-refractivity contribution >= 4 is 10.0 Å². The lowest BCUT2D eigenvalue weighted by atomic mass is 9.86. The van der Waals surface area contributed by atoms with E-state index in [9.17, 15) is 13.2 Å². The molecule has 0 aromatic carbocycles. The first-order valence-electron chi connectivity index (χ1n) is 11.6. The number of sulfonamides is 1. The van der Waals surface area contributed by atoms with Crippen LogP contribution in [0.3, 0.4) is 0 Å². The van der Waals surface area contributed by atoms with Gasteiger partial charge in [0.2, 0.25) is 10.0 Å².